The number of benzene rings is 1. The van der Waals surface area contributed by atoms with E-state index >= 15 is 0 Å². The molecular formula is C18H21N3O4. The smallest absolute Gasteiger partial charge is 0.311 e. The Morgan fingerprint density at radius 2 is 2.16 bits per heavy atom. The Hall–Kier alpha value is -2.88. The van der Waals surface area contributed by atoms with Crippen LogP contribution in [0.15, 0.2) is 23.8 Å². The van der Waals surface area contributed by atoms with Gasteiger partial charge in [-0.05, 0) is 36.5 Å². The van der Waals surface area contributed by atoms with Gasteiger partial charge < -0.3 is 10.1 Å². The molecule has 0 spiro atoms. The predicted molar refractivity (Wildman–Crippen MR) is 92.8 cm³/mol. The van der Waals surface area contributed by atoms with Crippen molar-refractivity contribution < 1.29 is 14.5 Å². The highest BCUT2D eigenvalue weighted by atomic mass is 16.6. The highest BCUT2D eigenvalue weighted by Crippen LogP contribution is 2.28. The third-order valence-electron chi connectivity index (χ3n) is 4.50. The predicted octanol–water partition coefficient (Wildman–Crippen LogP) is 3.21. The van der Waals surface area contributed by atoms with Crippen LogP contribution in [-0.2, 0) is 4.79 Å². The van der Waals surface area contributed by atoms with Crippen LogP contribution in [0.1, 0.15) is 38.2 Å². The maximum atomic E-state index is 12.4. The molecular weight excluding hydrogens is 322 g/mol. The first-order valence-electron chi connectivity index (χ1n) is 8.21. The maximum absolute atomic E-state index is 12.4. The molecule has 2 rings (SSSR count). The van der Waals surface area contributed by atoms with Gasteiger partial charge in [0.2, 0.25) is 0 Å². The van der Waals surface area contributed by atoms with Crippen LogP contribution in [0.5, 0.6) is 5.75 Å². The molecule has 2 atom stereocenters. The minimum Gasteiger partial charge on any atom is -0.490 e. The molecule has 1 aliphatic carbocycles. The molecule has 1 amide bonds. The van der Waals surface area contributed by atoms with Crippen LogP contribution in [0.4, 0.5) is 5.69 Å². The van der Waals surface area contributed by atoms with E-state index in [2.05, 4.69) is 12.2 Å². The van der Waals surface area contributed by atoms with Crippen molar-refractivity contribution in [2.45, 2.75) is 38.6 Å². The Morgan fingerprint density at radius 3 is 2.76 bits per heavy atom. The Bertz CT molecular complexity index is 736. The largest absolute Gasteiger partial charge is 0.490 e. The molecule has 1 aromatic carbocycles. The fourth-order valence-electron chi connectivity index (χ4n) is 3.03. The van der Waals surface area contributed by atoms with Gasteiger partial charge in [-0.25, -0.2) is 0 Å². The van der Waals surface area contributed by atoms with Crippen molar-refractivity contribution in [1.29, 1.82) is 5.26 Å². The molecule has 0 bridgehead atoms. The van der Waals surface area contributed by atoms with E-state index in [4.69, 9.17) is 4.74 Å². The summed E-state index contributed by atoms with van der Waals surface area (Å²) in [7, 11) is 1.34. The average Bonchev–Trinajstić information content (AvgIpc) is 2.61. The summed E-state index contributed by atoms with van der Waals surface area (Å²) < 4.78 is 4.95. The molecule has 25 heavy (non-hydrogen) atoms. The summed E-state index contributed by atoms with van der Waals surface area (Å²) in [5.41, 5.74) is 0.114. The number of nitrogens with zero attached hydrogens (tertiary/aromatic N) is 2. The highest BCUT2D eigenvalue weighted by molar-refractivity contribution is 6.01. The third kappa shape index (κ3) is 4.57. The first-order valence-corrected chi connectivity index (χ1v) is 8.21. The molecule has 0 saturated heterocycles. The van der Waals surface area contributed by atoms with E-state index in [1.54, 1.807) is 6.07 Å². The van der Waals surface area contributed by atoms with Crippen molar-refractivity contribution in [1.82, 2.24) is 5.32 Å². The summed E-state index contributed by atoms with van der Waals surface area (Å²) >= 11 is 0. The number of nitriles is 1. The van der Waals surface area contributed by atoms with Crippen molar-refractivity contribution in [3.8, 4) is 11.8 Å². The molecule has 1 saturated carbocycles. The van der Waals surface area contributed by atoms with Crippen LogP contribution in [0, 0.1) is 27.4 Å². The van der Waals surface area contributed by atoms with Gasteiger partial charge in [0.1, 0.15) is 11.6 Å². The van der Waals surface area contributed by atoms with Crippen LogP contribution in [0.2, 0.25) is 0 Å². The maximum Gasteiger partial charge on any atom is 0.311 e. The van der Waals surface area contributed by atoms with Crippen molar-refractivity contribution in [3.05, 3.63) is 39.4 Å². The minimum atomic E-state index is -0.563. The van der Waals surface area contributed by atoms with Crippen LogP contribution < -0.4 is 10.1 Å². The van der Waals surface area contributed by atoms with Gasteiger partial charge in [0.05, 0.1) is 12.0 Å². The summed E-state index contributed by atoms with van der Waals surface area (Å²) in [5.74, 6) is 0.0561. The quantitative estimate of drug-likeness (QED) is 0.382. The van der Waals surface area contributed by atoms with Crippen molar-refractivity contribution in [3.63, 3.8) is 0 Å². The molecule has 1 N–H and O–H groups in total. The van der Waals surface area contributed by atoms with E-state index in [1.807, 2.05) is 6.07 Å². The number of ether oxygens (including phenoxy) is 1. The molecule has 7 nitrogen and oxygen atoms in total. The molecule has 0 aliphatic heterocycles. The van der Waals surface area contributed by atoms with Crippen LogP contribution in [0.25, 0.3) is 6.08 Å². The Balaban J connectivity index is 2.22. The Kier molecular flexibility index (Phi) is 6.12. The first kappa shape index (κ1) is 18.5. The third-order valence-corrected chi connectivity index (χ3v) is 4.50. The standard InChI is InChI=1S/C18H21N3O4/c1-12-5-3-4-6-15(12)20-18(22)14(11-19)9-13-7-8-17(25-2)16(10-13)21(23)24/h7-10,12,15H,3-6H2,1-2H3,(H,20,22)/b14-9-/t12-,15+/m0/s1. The van der Waals surface area contributed by atoms with Gasteiger partial charge in [-0.3, -0.25) is 14.9 Å². The van der Waals surface area contributed by atoms with E-state index in [0.717, 1.165) is 25.7 Å². The van der Waals surface area contributed by atoms with Gasteiger partial charge in [0.25, 0.3) is 5.91 Å². The number of nitrogens with one attached hydrogen (secondary N) is 1. The number of methoxy groups -OCH3 is 1. The zero-order valence-electron chi connectivity index (χ0n) is 14.3. The summed E-state index contributed by atoms with van der Waals surface area (Å²) in [6.45, 7) is 2.09. The monoisotopic (exact) mass is 343 g/mol. The number of carbonyl (C=O) groups is 1. The number of nitro groups is 1. The molecule has 1 aliphatic rings. The normalized spacial score (nSPS) is 20.4. The summed E-state index contributed by atoms with van der Waals surface area (Å²) in [5, 5.41) is 23.3. The Labute approximate surface area is 146 Å². The number of carbonyl (C=O) groups excluding carboxylic acids is 1. The molecule has 1 fully saturated rings. The molecule has 132 valence electrons. The fraction of sp³-hybridized carbons (Fsp3) is 0.444. The van der Waals surface area contributed by atoms with Gasteiger partial charge in [0, 0.05) is 12.1 Å². The van der Waals surface area contributed by atoms with Crippen LogP contribution in [-0.4, -0.2) is 24.0 Å². The number of rotatable bonds is 5. The minimum absolute atomic E-state index is 0.0585. The van der Waals surface area contributed by atoms with E-state index in [0.29, 0.717) is 11.5 Å². The highest BCUT2D eigenvalue weighted by Gasteiger charge is 2.24. The fourth-order valence-corrected chi connectivity index (χ4v) is 3.03. The summed E-state index contributed by atoms with van der Waals surface area (Å²) in [4.78, 5) is 22.9. The van der Waals surface area contributed by atoms with E-state index in [9.17, 15) is 20.2 Å². The van der Waals surface area contributed by atoms with E-state index in [-0.39, 0.29) is 23.1 Å². The first-order chi connectivity index (χ1) is 12.0. The topological polar surface area (TPSA) is 105 Å². The Morgan fingerprint density at radius 1 is 1.44 bits per heavy atom. The van der Waals surface area contributed by atoms with Crippen LogP contribution in [0.3, 0.4) is 0 Å². The van der Waals surface area contributed by atoms with Crippen molar-refractivity contribution >= 4 is 17.7 Å². The average molecular weight is 343 g/mol. The van der Waals surface area contributed by atoms with Crippen LogP contribution >= 0.6 is 0 Å². The van der Waals surface area contributed by atoms with Gasteiger partial charge in [-0.1, -0.05) is 25.8 Å². The summed E-state index contributed by atoms with van der Waals surface area (Å²) in [6.07, 6.45) is 5.53. The molecule has 0 heterocycles. The number of hydrogen-bond donors (Lipinski definition) is 1. The lowest BCUT2D eigenvalue weighted by Crippen LogP contribution is -2.41. The molecule has 0 aromatic heterocycles. The lowest BCUT2D eigenvalue weighted by molar-refractivity contribution is -0.385. The van der Waals surface area contributed by atoms with Gasteiger partial charge in [-0.15, -0.1) is 0 Å². The molecule has 0 radical (unpaired) electrons. The second kappa shape index (κ2) is 8.29. The second-order valence-corrected chi connectivity index (χ2v) is 6.20. The zero-order valence-corrected chi connectivity index (χ0v) is 14.3. The zero-order chi connectivity index (χ0) is 18.4. The van der Waals surface area contributed by atoms with Gasteiger partial charge >= 0.3 is 5.69 Å². The number of amides is 1. The molecule has 0 unspecified atom stereocenters. The number of nitro benzene ring substituents is 1. The molecule has 1 aromatic rings. The molecule has 7 heteroatoms. The second-order valence-electron chi connectivity index (χ2n) is 6.20. The SMILES string of the molecule is COc1ccc(/C=C(/C#N)C(=O)N[C@@H]2CCCC[C@@H]2C)cc1[N+](=O)[O-]. The number of hydrogen-bond acceptors (Lipinski definition) is 5. The van der Waals surface area contributed by atoms with E-state index in [1.165, 1.54) is 25.3 Å². The summed E-state index contributed by atoms with van der Waals surface area (Å²) in [6, 6.07) is 6.24. The van der Waals surface area contributed by atoms with E-state index < -0.39 is 10.8 Å². The lowest BCUT2D eigenvalue weighted by atomic mass is 9.86. The lowest BCUT2D eigenvalue weighted by Gasteiger charge is -2.29. The van der Waals surface area contributed by atoms with Gasteiger partial charge in [0.15, 0.2) is 5.75 Å². The van der Waals surface area contributed by atoms with Gasteiger partial charge in [-0.2, -0.15) is 5.26 Å². The van der Waals surface area contributed by atoms with Crippen molar-refractivity contribution in [2.24, 2.45) is 5.92 Å². The van der Waals surface area contributed by atoms with Crippen molar-refractivity contribution in [2.75, 3.05) is 7.11 Å².